The molecular formula is C49H22N4O9S2. The molecule has 0 saturated carbocycles. The summed E-state index contributed by atoms with van der Waals surface area (Å²) < 4.78 is 18.1. The minimum Gasteiger partial charge on any atom is -0.458 e. The zero-order valence-electron chi connectivity index (χ0n) is 32.6. The lowest BCUT2D eigenvalue weighted by molar-refractivity contribution is -0.183. The Balaban J connectivity index is 1.19. The second kappa shape index (κ2) is 15.9. The molecule has 0 bridgehead atoms. The third kappa shape index (κ3) is 6.58. The van der Waals surface area contributed by atoms with E-state index in [1.807, 2.05) is 24.3 Å². The highest BCUT2D eigenvalue weighted by atomic mass is 32.1. The van der Waals surface area contributed by atoms with Crippen molar-refractivity contribution in [1.29, 1.82) is 21.0 Å². The molecular weight excluding hydrogens is 853 g/mol. The molecule has 6 aromatic rings. The number of Topliss-reactive ketones (excluding diaryl/α,β-unsaturated/α-hetero) is 4. The van der Waals surface area contributed by atoms with Gasteiger partial charge in [0.1, 0.15) is 43.2 Å². The first kappa shape index (κ1) is 40.5. The number of hydrogen-bond donors (Lipinski definition) is 0. The molecule has 3 heterocycles. The number of ketones is 4. The van der Waals surface area contributed by atoms with Gasteiger partial charge >= 0.3 is 17.5 Å². The number of rotatable bonds is 8. The molecule has 0 fully saturated rings. The van der Waals surface area contributed by atoms with Crippen LogP contribution in [0.1, 0.15) is 90.1 Å². The first-order valence-corrected chi connectivity index (χ1v) is 20.6. The summed E-state index contributed by atoms with van der Waals surface area (Å²) in [4.78, 5) is 85.2. The molecule has 0 spiro atoms. The van der Waals surface area contributed by atoms with Crippen molar-refractivity contribution in [3.05, 3.63) is 179 Å². The van der Waals surface area contributed by atoms with Gasteiger partial charge in [0.2, 0.25) is 0 Å². The van der Waals surface area contributed by atoms with Gasteiger partial charge in [0.05, 0.1) is 43.2 Å². The summed E-state index contributed by atoms with van der Waals surface area (Å²) in [7, 11) is 0. The third-order valence-corrected chi connectivity index (χ3v) is 13.0. The predicted octanol–water partition coefficient (Wildman–Crippen LogP) is 7.96. The number of carbonyl (C=O) groups is 6. The third-order valence-electron chi connectivity index (χ3n) is 10.6. The Labute approximate surface area is 370 Å². The van der Waals surface area contributed by atoms with Crippen LogP contribution in [0.25, 0.3) is 21.9 Å². The van der Waals surface area contributed by atoms with E-state index >= 15 is 0 Å². The van der Waals surface area contributed by atoms with Gasteiger partial charge < -0.3 is 14.2 Å². The van der Waals surface area contributed by atoms with Crippen LogP contribution in [0.15, 0.2) is 108 Å². The lowest BCUT2D eigenvalue weighted by Crippen LogP contribution is -2.52. The highest BCUT2D eigenvalue weighted by Gasteiger charge is 2.59. The highest BCUT2D eigenvalue weighted by molar-refractivity contribution is 7.23. The molecule has 0 radical (unpaired) electrons. The largest absolute Gasteiger partial charge is 0.458 e. The van der Waals surface area contributed by atoms with Crippen molar-refractivity contribution in [3.63, 3.8) is 0 Å². The van der Waals surface area contributed by atoms with Crippen LogP contribution in [0.3, 0.4) is 0 Å². The number of nitriles is 4. The average Bonchev–Trinajstić information content (AvgIpc) is 4.06. The molecule has 0 N–H and O–H groups in total. The van der Waals surface area contributed by atoms with Crippen LogP contribution >= 0.6 is 22.7 Å². The summed E-state index contributed by atoms with van der Waals surface area (Å²) in [5.74, 6) is -5.12. The molecule has 4 aromatic carbocycles. The van der Waals surface area contributed by atoms with Crippen molar-refractivity contribution < 1.29 is 43.0 Å². The van der Waals surface area contributed by atoms with Crippen LogP contribution in [0.2, 0.25) is 0 Å². The van der Waals surface area contributed by atoms with Gasteiger partial charge in [-0.1, -0.05) is 60.7 Å². The molecule has 0 saturated heterocycles. The van der Waals surface area contributed by atoms with Crippen molar-refractivity contribution in [3.8, 4) is 39.8 Å². The number of allylic oxidation sites excluding steroid dienone is 2. The van der Waals surface area contributed by atoms with Gasteiger partial charge in [-0.25, -0.2) is 9.59 Å². The first-order valence-electron chi connectivity index (χ1n) is 19.0. The van der Waals surface area contributed by atoms with E-state index in [0.717, 1.165) is 22.7 Å². The normalized spacial score (nSPS) is 13.8. The van der Waals surface area contributed by atoms with E-state index in [-0.39, 0.29) is 94.8 Å². The average molecular weight is 875 g/mol. The maximum absolute atomic E-state index is 14.7. The van der Waals surface area contributed by atoms with Crippen LogP contribution < -0.4 is 4.74 Å². The molecule has 0 amide bonds. The van der Waals surface area contributed by atoms with Crippen LogP contribution in [0.4, 0.5) is 0 Å². The molecule has 1 aliphatic heterocycles. The monoisotopic (exact) mass is 874 g/mol. The lowest BCUT2D eigenvalue weighted by atomic mass is 9.90. The molecule has 64 heavy (non-hydrogen) atoms. The van der Waals surface area contributed by atoms with Crippen LogP contribution in [-0.2, 0) is 37.9 Å². The van der Waals surface area contributed by atoms with Gasteiger partial charge in [-0.3, -0.25) is 19.2 Å². The molecule has 3 aliphatic rings. The summed E-state index contributed by atoms with van der Waals surface area (Å²) in [6.07, 6.45) is 2.60. The molecule has 9 rings (SSSR count). The Morgan fingerprint density at radius 1 is 0.547 bits per heavy atom. The highest BCUT2D eigenvalue weighted by Crippen LogP contribution is 2.55. The summed E-state index contributed by atoms with van der Waals surface area (Å²) >= 11 is 2.04. The number of esters is 2. The lowest BCUT2D eigenvalue weighted by Gasteiger charge is -2.33. The Kier molecular flexibility index (Phi) is 10.1. The predicted molar refractivity (Wildman–Crippen MR) is 227 cm³/mol. The minimum atomic E-state index is -2.64. The van der Waals surface area contributed by atoms with E-state index in [1.54, 1.807) is 60.7 Å². The molecule has 13 nitrogen and oxygen atoms in total. The van der Waals surface area contributed by atoms with Gasteiger partial charge in [0.25, 0.3) is 0 Å². The summed E-state index contributed by atoms with van der Waals surface area (Å²) in [6.45, 7) is -0.549. The van der Waals surface area contributed by atoms with Gasteiger partial charge in [-0.05, 0) is 59.7 Å². The quantitative estimate of drug-likeness (QED) is 0.0613. The van der Waals surface area contributed by atoms with Gasteiger partial charge in [-0.15, -0.1) is 22.7 Å². The Morgan fingerprint density at radius 3 is 1.31 bits per heavy atom. The molecule has 304 valence electrons. The van der Waals surface area contributed by atoms with Crippen LogP contribution in [-0.4, -0.2) is 35.1 Å². The Hall–Kier alpha value is -8.86. The molecule has 0 unspecified atom stereocenters. The zero-order chi connectivity index (χ0) is 44.9. The maximum atomic E-state index is 14.7. The van der Waals surface area contributed by atoms with Gasteiger partial charge in [-0.2, -0.15) is 21.0 Å². The number of benzene rings is 4. The van der Waals surface area contributed by atoms with E-state index in [1.165, 1.54) is 48.6 Å². The second-order valence-electron chi connectivity index (χ2n) is 14.4. The van der Waals surface area contributed by atoms with E-state index in [2.05, 4.69) is 0 Å². The fourth-order valence-electron chi connectivity index (χ4n) is 7.52. The zero-order valence-corrected chi connectivity index (χ0v) is 34.2. The standard InChI is InChI=1S/C49H22N4O9S2/c50-19-27-11-33-34(12-28(27)20-51)42(55)37(41(33)54)15-31-17-39-45(63-31)46-40(18-32(64-46)16-38-43(56)35-13-29(21-52)30(22-53)14-36(35)44(38)57)62-49(39,47(58)60-23-25-7-3-1-4-8-25)48(59)61-24-26-9-5-2-6-10-26/h1-18H,23-24H2. The minimum absolute atomic E-state index is 0.0267. The van der Waals surface area contributed by atoms with Crippen LogP contribution in [0.5, 0.6) is 5.75 Å². The second-order valence-corrected chi connectivity index (χ2v) is 16.6. The van der Waals surface area contributed by atoms with E-state index < -0.39 is 40.7 Å². The number of thiophene rings is 2. The molecule has 2 aromatic heterocycles. The summed E-state index contributed by atoms with van der Waals surface area (Å²) in [5, 5.41) is 38.3. The van der Waals surface area contributed by atoms with Crippen molar-refractivity contribution >= 4 is 69.9 Å². The van der Waals surface area contributed by atoms with Crippen molar-refractivity contribution in [2.45, 2.75) is 18.8 Å². The number of hydrogen-bond acceptors (Lipinski definition) is 15. The van der Waals surface area contributed by atoms with Crippen molar-refractivity contribution in [1.82, 2.24) is 0 Å². The number of nitrogens with zero attached hydrogens (tertiary/aromatic N) is 4. The Bertz CT molecular complexity index is 3200. The topological polar surface area (TPSA) is 225 Å². The molecule has 2 aliphatic carbocycles. The first-order chi connectivity index (χ1) is 31.0. The fraction of sp³-hybridized carbons (Fsp3) is 0.0612. The van der Waals surface area contributed by atoms with Gasteiger partial charge in [0, 0.05) is 37.6 Å². The summed E-state index contributed by atoms with van der Waals surface area (Å²) in [5.41, 5.74) is -2.61. The molecule has 0 atom stereocenters. The Morgan fingerprint density at radius 2 is 0.922 bits per heavy atom. The maximum Gasteiger partial charge on any atom is 0.367 e. The van der Waals surface area contributed by atoms with Crippen LogP contribution in [0, 0.1) is 45.3 Å². The van der Waals surface area contributed by atoms with E-state index in [0.29, 0.717) is 16.0 Å². The SMILES string of the molecule is N#Cc1cc2c(cc1C#N)C(=O)C(=Cc1cc3c(s1)-c1sc(C=C4C(=O)c5cc(C#N)c(C#N)cc5C4=O)cc1C(C(=O)OCc1ccccc1)(C(=O)OCc1ccccc1)O3)C2=O. The number of ether oxygens (including phenoxy) is 3. The van der Waals surface area contributed by atoms with E-state index in [4.69, 9.17) is 14.2 Å². The number of carbonyl (C=O) groups excluding carboxylic acids is 6. The van der Waals surface area contributed by atoms with Gasteiger partial charge in [0.15, 0.2) is 23.1 Å². The van der Waals surface area contributed by atoms with Crippen molar-refractivity contribution in [2.75, 3.05) is 0 Å². The van der Waals surface area contributed by atoms with E-state index in [9.17, 15) is 49.8 Å². The molecule has 15 heteroatoms. The summed E-state index contributed by atoms with van der Waals surface area (Å²) in [6, 6.07) is 32.4. The van der Waals surface area contributed by atoms with Crippen molar-refractivity contribution in [2.24, 2.45) is 0 Å². The smallest absolute Gasteiger partial charge is 0.367 e. The fourth-order valence-corrected chi connectivity index (χ4v) is 9.85. The number of fused-ring (bicyclic) bond motifs is 5.